The summed E-state index contributed by atoms with van der Waals surface area (Å²) in [7, 11) is 0. The standard InChI is InChI=1S/C18H23N/c1-2-14-8-6-12-18(14)19-13-16-10-5-9-15-7-3-4-11-17(15)16/h3-5,7,9-11,14,18-19H,2,6,8,12-13H2,1H3. The van der Waals surface area contributed by atoms with Gasteiger partial charge in [0.1, 0.15) is 0 Å². The Labute approximate surface area is 116 Å². The molecule has 1 aliphatic rings. The number of fused-ring (bicyclic) bond motifs is 1. The van der Waals surface area contributed by atoms with Gasteiger partial charge in [0.05, 0.1) is 0 Å². The Morgan fingerprint density at radius 2 is 1.89 bits per heavy atom. The molecule has 1 aliphatic carbocycles. The first-order chi connectivity index (χ1) is 9.38. The first-order valence-corrected chi connectivity index (χ1v) is 7.58. The normalized spacial score (nSPS) is 23.0. The minimum absolute atomic E-state index is 0.726. The van der Waals surface area contributed by atoms with Crippen LogP contribution >= 0.6 is 0 Å². The van der Waals surface area contributed by atoms with Crippen molar-refractivity contribution in [2.75, 3.05) is 0 Å². The zero-order valence-corrected chi connectivity index (χ0v) is 11.7. The lowest BCUT2D eigenvalue weighted by Gasteiger charge is -2.20. The second-order valence-electron chi connectivity index (χ2n) is 5.72. The van der Waals surface area contributed by atoms with Crippen molar-refractivity contribution < 1.29 is 0 Å². The lowest BCUT2D eigenvalue weighted by atomic mass is 9.99. The van der Waals surface area contributed by atoms with Crippen LogP contribution in [0.2, 0.25) is 0 Å². The molecule has 1 fully saturated rings. The Balaban J connectivity index is 1.75. The summed E-state index contributed by atoms with van der Waals surface area (Å²) in [6.45, 7) is 3.32. The Bertz CT molecular complexity index is 541. The Kier molecular flexibility index (Phi) is 3.84. The van der Waals surface area contributed by atoms with Crippen LogP contribution in [-0.4, -0.2) is 6.04 Å². The van der Waals surface area contributed by atoms with Gasteiger partial charge in [-0.3, -0.25) is 0 Å². The molecular weight excluding hydrogens is 230 g/mol. The van der Waals surface area contributed by atoms with Crippen molar-refractivity contribution >= 4 is 10.8 Å². The molecule has 0 heterocycles. The van der Waals surface area contributed by atoms with E-state index in [-0.39, 0.29) is 0 Å². The molecule has 0 bridgehead atoms. The predicted molar refractivity (Wildman–Crippen MR) is 82.2 cm³/mol. The monoisotopic (exact) mass is 253 g/mol. The van der Waals surface area contributed by atoms with E-state index in [4.69, 9.17) is 0 Å². The lowest BCUT2D eigenvalue weighted by Crippen LogP contribution is -2.31. The van der Waals surface area contributed by atoms with Crippen molar-refractivity contribution in [3.05, 3.63) is 48.0 Å². The van der Waals surface area contributed by atoms with Gasteiger partial charge >= 0.3 is 0 Å². The van der Waals surface area contributed by atoms with E-state index in [0.29, 0.717) is 0 Å². The summed E-state index contributed by atoms with van der Waals surface area (Å²) in [5.74, 6) is 0.884. The molecule has 1 nitrogen and oxygen atoms in total. The van der Waals surface area contributed by atoms with Gasteiger partial charge in [-0.05, 0) is 35.1 Å². The summed E-state index contributed by atoms with van der Waals surface area (Å²) >= 11 is 0. The van der Waals surface area contributed by atoms with Gasteiger partial charge in [0.25, 0.3) is 0 Å². The molecule has 2 aromatic carbocycles. The van der Waals surface area contributed by atoms with E-state index in [1.54, 1.807) is 0 Å². The van der Waals surface area contributed by atoms with E-state index in [0.717, 1.165) is 18.5 Å². The molecule has 0 aromatic heterocycles. The van der Waals surface area contributed by atoms with Gasteiger partial charge in [0.2, 0.25) is 0 Å². The number of benzene rings is 2. The molecule has 0 radical (unpaired) electrons. The molecule has 0 aliphatic heterocycles. The minimum Gasteiger partial charge on any atom is -0.310 e. The minimum atomic E-state index is 0.726. The average Bonchev–Trinajstić information content (AvgIpc) is 2.92. The topological polar surface area (TPSA) is 12.0 Å². The second-order valence-corrected chi connectivity index (χ2v) is 5.72. The number of hydrogen-bond acceptors (Lipinski definition) is 1. The zero-order chi connectivity index (χ0) is 13.1. The third kappa shape index (κ3) is 2.66. The van der Waals surface area contributed by atoms with E-state index in [9.17, 15) is 0 Å². The lowest BCUT2D eigenvalue weighted by molar-refractivity contribution is 0.390. The zero-order valence-electron chi connectivity index (χ0n) is 11.7. The van der Waals surface area contributed by atoms with Crippen LogP contribution in [0.4, 0.5) is 0 Å². The molecule has 2 unspecified atom stereocenters. The first-order valence-electron chi connectivity index (χ1n) is 7.58. The molecule has 1 saturated carbocycles. The Hall–Kier alpha value is -1.34. The predicted octanol–water partition coefficient (Wildman–Crippen LogP) is 4.51. The van der Waals surface area contributed by atoms with E-state index >= 15 is 0 Å². The fourth-order valence-electron chi connectivity index (χ4n) is 3.48. The second kappa shape index (κ2) is 5.75. The van der Waals surface area contributed by atoms with Crippen molar-refractivity contribution in [1.82, 2.24) is 5.32 Å². The highest BCUT2D eigenvalue weighted by atomic mass is 14.9. The fraction of sp³-hybridized carbons (Fsp3) is 0.444. The van der Waals surface area contributed by atoms with Crippen LogP contribution < -0.4 is 5.32 Å². The van der Waals surface area contributed by atoms with Gasteiger partial charge in [-0.2, -0.15) is 0 Å². The third-order valence-electron chi connectivity index (χ3n) is 4.62. The van der Waals surface area contributed by atoms with E-state index < -0.39 is 0 Å². The highest BCUT2D eigenvalue weighted by Crippen LogP contribution is 2.28. The van der Waals surface area contributed by atoms with Crippen LogP contribution in [0.3, 0.4) is 0 Å². The largest absolute Gasteiger partial charge is 0.310 e. The van der Waals surface area contributed by atoms with Gasteiger partial charge in [-0.15, -0.1) is 0 Å². The summed E-state index contributed by atoms with van der Waals surface area (Å²) in [6, 6.07) is 16.0. The van der Waals surface area contributed by atoms with Gasteiger partial charge in [-0.1, -0.05) is 62.2 Å². The van der Waals surface area contributed by atoms with Crippen molar-refractivity contribution in [1.29, 1.82) is 0 Å². The van der Waals surface area contributed by atoms with Gasteiger partial charge in [-0.25, -0.2) is 0 Å². The third-order valence-corrected chi connectivity index (χ3v) is 4.62. The first kappa shape index (κ1) is 12.7. The maximum absolute atomic E-state index is 3.79. The summed E-state index contributed by atoms with van der Waals surface area (Å²) in [5, 5.41) is 6.53. The van der Waals surface area contributed by atoms with Crippen LogP contribution in [-0.2, 0) is 6.54 Å². The molecule has 19 heavy (non-hydrogen) atoms. The van der Waals surface area contributed by atoms with Gasteiger partial charge < -0.3 is 5.32 Å². The SMILES string of the molecule is CCC1CCCC1NCc1cccc2ccccc12. The summed E-state index contributed by atoms with van der Waals surface area (Å²) in [6.07, 6.45) is 5.46. The van der Waals surface area contributed by atoms with Gasteiger partial charge in [0, 0.05) is 12.6 Å². The molecule has 1 heteroatoms. The van der Waals surface area contributed by atoms with Crippen LogP contribution in [0.15, 0.2) is 42.5 Å². The molecule has 2 atom stereocenters. The molecular formula is C18H23N. The molecule has 100 valence electrons. The fourth-order valence-corrected chi connectivity index (χ4v) is 3.48. The van der Waals surface area contributed by atoms with Crippen LogP contribution in [0.25, 0.3) is 10.8 Å². The quantitative estimate of drug-likeness (QED) is 0.845. The van der Waals surface area contributed by atoms with Crippen molar-refractivity contribution in [3.8, 4) is 0 Å². The summed E-state index contributed by atoms with van der Waals surface area (Å²) < 4.78 is 0. The van der Waals surface area contributed by atoms with Crippen LogP contribution in [0.5, 0.6) is 0 Å². The maximum Gasteiger partial charge on any atom is 0.0214 e. The summed E-state index contributed by atoms with van der Waals surface area (Å²) in [4.78, 5) is 0. The highest BCUT2D eigenvalue weighted by molar-refractivity contribution is 5.85. The van der Waals surface area contributed by atoms with Gasteiger partial charge in [0.15, 0.2) is 0 Å². The van der Waals surface area contributed by atoms with Crippen LogP contribution in [0.1, 0.15) is 38.2 Å². The molecule has 0 spiro atoms. The number of rotatable bonds is 4. The molecule has 1 N–H and O–H groups in total. The Morgan fingerprint density at radius 1 is 1.05 bits per heavy atom. The van der Waals surface area contributed by atoms with Crippen molar-refractivity contribution in [2.24, 2.45) is 5.92 Å². The smallest absolute Gasteiger partial charge is 0.0214 e. The van der Waals surface area contributed by atoms with Crippen molar-refractivity contribution in [3.63, 3.8) is 0 Å². The Morgan fingerprint density at radius 3 is 2.79 bits per heavy atom. The van der Waals surface area contributed by atoms with Crippen LogP contribution in [0, 0.1) is 5.92 Å². The van der Waals surface area contributed by atoms with E-state index in [2.05, 4.69) is 54.7 Å². The average molecular weight is 253 g/mol. The number of nitrogens with one attached hydrogen (secondary N) is 1. The molecule has 0 amide bonds. The molecule has 2 aromatic rings. The summed E-state index contributed by atoms with van der Waals surface area (Å²) in [5.41, 5.74) is 1.43. The highest BCUT2D eigenvalue weighted by Gasteiger charge is 2.24. The van der Waals surface area contributed by atoms with E-state index in [1.807, 2.05) is 0 Å². The van der Waals surface area contributed by atoms with E-state index in [1.165, 1.54) is 42.0 Å². The number of hydrogen-bond donors (Lipinski definition) is 1. The van der Waals surface area contributed by atoms with Crippen molar-refractivity contribution in [2.45, 2.75) is 45.2 Å². The maximum atomic E-state index is 3.79. The molecule has 0 saturated heterocycles. The molecule has 3 rings (SSSR count).